The second-order valence-electron chi connectivity index (χ2n) is 0.635. The molecule has 0 amide bonds. The Labute approximate surface area is 38.4 Å². The standard InChI is InChI=1S/C3H4FNSi/c4-6-3-1-2-5/h1-3,5H/b3-1-,5-2?. The van der Waals surface area contributed by atoms with Gasteiger partial charge in [-0.2, -0.15) is 0 Å². The minimum Gasteiger partial charge on any atom is -0.309 e. The Morgan fingerprint density at radius 2 is 2.33 bits per heavy atom. The lowest BCUT2D eigenvalue weighted by Crippen LogP contribution is -1.66. The highest BCUT2D eigenvalue weighted by atomic mass is 28.3. The third kappa shape index (κ3) is 3.56. The highest BCUT2D eigenvalue weighted by molar-refractivity contribution is 6.33. The Hall–Kier alpha value is -0.443. The predicted molar refractivity (Wildman–Crippen MR) is 24.8 cm³/mol. The Kier molecular flexibility index (Phi) is 4.22. The summed E-state index contributed by atoms with van der Waals surface area (Å²) in [6.45, 7) is 0. The van der Waals surface area contributed by atoms with Crippen molar-refractivity contribution < 1.29 is 4.11 Å². The number of hydrogen-bond donors (Lipinski definition) is 1. The summed E-state index contributed by atoms with van der Waals surface area (Å²) in [6.07, 6.45) is 2.41. The first-order valence-electron chi connectivity index (χ1n) is 1.43. The molecule has 0 heterocycles. The predicted octanol–water partition coefficient (Wildman–Crippen LogP) is 0.738. The van der Waals surface area contributed by atoms with Crippen molar-refractivity contribution in [2.45, 2.75) is 0 Å². The van der Waals surface area contributed by atoms with E-state index in [0.29, 0.717) is 0 Å². The van der Waals surface area contributed by atoms with Crippen molar-refractivity contribution in [3.05, 3.63) is 11.8 Å². The van der Waals surface area contributed by atoms with E-state index >= 15 is 0 Å². The van der Waals surface area contributed by atoms with E-state index in [2.05, 4.69) is 0 Å². The molecule has 0 spiro atoms. The molecule has 0 aromatic heterocycles. The highest BCUT2D eigenvalue weighted by Crippen LogP contribution is 1.62. The Morgan fingerprint density at radius 3 is 2.50 bits per heavy atom. The minimum atomic E-state index is -0.667. The lowest BCUT2D eigenvalue weighted by Gasteiger charge is -1.60. The molecule has 3 heteroatoms. The smallest absolute Gasteiger partial charge is 0.309 e. The van der Waals surface area contributed by atoms with E-state index in [9.17, 15) is 4.11 Å². The molecule has 0 fully saturated rings. The molecule has 1 N–H and O–H groups in total. The Morgan fingerprint density at radius 1 is 1.67 bits per heavy atom. The second kappa shape index (κ2) is 4.56. The number of rotatable bonds is 2. The summed E-state index contributed by atoms with van der Waals surface area (Å²) in [6, 6.07) is 0. The monoisotopic (exact) mass is 101 g/mol. The molecule has 6 heavy (non-hydrogen) atoms. The van der Waals surface area contributed by atoms with Gasteiger partial charge in [-0.3, -0.25) is 0 Å². The van der Waals surface area contributed by atoms with Crippen LogP contribution in [0.1, 0.15) is 0 Å². The first-order chi connectivity index (χ1) is 2.91. The van der Waals surface area contributed by atoms with Crippen molar-refractivity contribution in [1.82, 2.24) is 0 Å². The Bertz CT molecular complexity index is 61.8. The first kappa shape index (κ1) is 5.56. The normalized spacial score (nSPS) is 9.50. The van der Waals surface area contributed by atoms with Crippen LogP contribution in [0.2, 0.25) is 0 Å². The molecule has 0 aromatic rings. The maximum absolute atomic E-state index is 11.0. The number of nitrogens with one attached hydrogen (secondary N) is 1. The molecule has 0 rings (SSSR count). The van der Waals surface area contributed by atoms with Crippen LogP contribution in [0.15, 0.2) is 11.8 Å². The van der Waals surface area contributed by atoms with Crippen molar-refractivity contribution in [2.24, 2.45) is 0 Å². The molecule has 32 valence electrons. The van der Waals surface area contributed by atoms with Crippen LogP contribution in [0.3, 0.4) is 0 Å². The van der Waals surface area contributed by atoms with Gasteiger partial charge in [0.25, 0.3) is 0 Å². The van der Waals surface area contributed by atoms with Crippen LogP contribution in [0.4, 0.5) is 4.11 Å². The maximum Gasteiger partial charge on any atom is 0.325 e. The molecule has 0 aliphatic carbocycles. The number of halogens is 1. The average molecular weight is 101 g/mol. The average Bonchev–Trinajstić information content (AvgIpc) is 1.61. The lowest BCUT2D eigenvalue weighted by molar-refractivity contribution is 0.884. The van der Waals surface area contributed by atoms with Crippen molar-refractivity contribution in [3.63, 3.8) is 0 Å². The fraction of sp³-hybridized carbons (Fsp3) is 0. The van der Waals surface area contributed by atoms with Gasteiger partial charge in [0.05, 0.1) is 0 Å². The zero-order valence-corrected chi connectivity index (χ0v) is 4.11. The van der Waals surface area contributed by atoms with E-state index in [0.717, 1.165) is 6.21 Å². The van der Waals surface area contributed by atoms with E-state index in [1.165, 1.54) is 11.8 Å². The fourth-order valence-corrected chi connectivity index (χ4v) is 0.253. The van der Waals surface area contributed by atoms with Gasteiger partial charge in [0.15, 0.2) is 0 Å². The molecular weight excluding hydrogens is 97.1 g/mol. The van der Waals surface area contributed by atoms with Crippen molar-refractivity contribution in [1.29, 1.82) is 5.41 Å². The van der Waals surface area contributed by atoms with E-state index in [-0.39, 0.29) is 0 Å². The van der Waals surface area contributed by atoms with Crippen LogP contribution in [-0.2, 0) is 0 Å². The summed E-state index contributed by atoms with van der Waals surface area (Å²) < 4.78 is 11.0. The fourth-order valence-electron chi connectivity index (χ4n) is 0.0845. The highest BCUT2D eigenvalue weighted by Gasteiger charge is 1.66. The van der Waals surface area contributed by atoms with Gasteiger partial charge < -0.3 is 9.52 Å². The van der Waals surface area contributed by atoms with E-state index < -0.39 is 9.85 Å². The third-order valence-electron chi connectivity index (χ3n) is 0.255. The van der Waals surface area contributed by atoms with E-state index in [1.807, 2.05) is 0 Å². The molecule has 0 aromatic carbocycles. The van der Waals surface area contributed by atoms with Crippen LogP contribution >= 0.6 is 0 Å². The SMILES string of the molecule is N=C/C=C\[Si]F. The summed E-state index contributed by atoms with van der Waals surface area (Å²) in [5, 5.41) is 6.33. The lowest BCUT2D eigenvalue weighted by atomic mass is 10.7. The molecule has 0 saturated heterocycles. The summed E-state index contributed by atoms with van der Waals surface area (Å²) >= 11 is 0. The van der Waals surface area contributed by atoms with E-state index in [1.54, 1.807) is 0 Å². The first-order valence-corrected chi connectivity index (χ1v) is 2.39. The molecule has 0 bridgehead atoms. The van der Waals surface area contributed by atoms with Gasteiger partial charge in [-0.25, -0.2) is 0 Å². The van der Waals surface area contributed by atoms with Gasteiger partial charge in [0.2, 0.25) is 0 Å². The van der Waals surface area contributed by atoms with Gasteiger partial charge in [0.1, 0.15) is 0 Å². The quantitative estimate of drug-likeness (QED) is 0.301. The summed E-state index contributed by atoms with van der Waals surface area (Å²) in [5.74, 6) is 0. The molecule has 0 saturated carbocycles. The number of hydrogen-bond acceptors (Lipinski definition) is 1. The van der Waals surface area contributed by atoms with Gasteiger partial charge in [-0.05, 0) is 0 Å². The van der Waals surface area contributed by atoms with Crippen LogP contribution < -0.4 is 0 Å². The molecule has 2 radical (unpaired) electrons. The van der Waals surface area contributed by atoms with Gasteiger partial charge in [-0.1, -0.05) is 11.8 Å². The molecular formula is C3H4FNSi. The van der Waals surface area contributed by atoms with Crippen molar-refractivity contribution in [2.75, 3.05) is 0 Å². The van der Waals surface area contributed by atoms with Gasteiger partial charge in [0, 0.05) is 6.21 Å². The number of allylic oxidation sites excluding steroid dienone is 1. The van der Waals surface area contributed by atoms with Gasteiger partial charge >= 0.3 is 9.85 Å². The Balaban J connectivity index is 2.94. The minimum absolute atomic E-state index is 0.667. The van der Waals surface area contributed by atoms with Crippen molar-refractivity contribution >= 4 is 16.1 Å². The summed E-state index contributed by atoms with van der Waals surface area (Å²) in [4.78, 5) is 0. The third-order valence-corrected chi connectivity index (χ3v) is 0.574. The van der Waals surface area contributed by atoms with Crippen LogP contribution in [0, 0.1) is 5.41 Å². The van der Waals surface area contributed by atoms with Crippen LogP contribution in [0.5, 0.6) is 0 Å². The largest absolute Gasteiger partial charge is 0.325 e. The summed E-state index contributed by atoms with van der Waals surface area (Å²) in [5.41, 5.74) is 1.30. The summed E-state index contributed by atoms with van der Waals surface area (Å²) in [7, 11) is -0.667. The maximum atomic E-state index is 11.0. The molecule has 1 nitrogen and oxygen atoms in total. The van der Waals surface area contributed by atoms with Crippen LogP contribution in [0.25, 0.3) is 0 Å². The topological polar surface area (TPSA) is 23.9 Å². The molecule has 0 aliphatic heterocycles. The molecule has 0 unspecified atom stereocenters. The molecule has 0 aliphatic rings. The van der Waals surface area contributed by atoms with Crippen LogP contribution in [-0.4, -0.2) is 16.1 Å². The second-order valence-corrected chi connectivity index (χ2v) is 1.19. The van der Waals surface area contributed by atoms with E-state index in [4.69, 9.17) is 5.41 Å². The zero-order chi connectivity index (χ0) is 4.83. The van der Waals surface area contributed by atoms with Gasteiger partial charge in [-0.15, -0.1) is 0 Å². The van der Waals surface area contributed by atoms with Crippen molar-refractivity contribution in [3.8, 4) is 0 Å². The zero-order valence-electron chi connectivity index (χ0n) is 3.11. The molecule has 0 atom stereocenters.